The molecule has 0 spiro atoms. The molecule has 0 aliphatic carbocycles. The van der Waals surface area contributed by atoms with Gasteiger partial charge in [0.15, 0.2) is 5.69 Å². The molecule has 0 radical (unpaired) electrons. The second kappa shape index (κ2) is 6.03. The maximum Gasteiger partial charge on any atom is 0.360 e. The zero-order valence-electron chi connectivity index (χ0n) is 11.0. The number of rotatable bonds is 4. The standard InChI is InChI=1S/C12H18N2O5/c1-3-17-11(16)10-7-18-12(13-10)14-4-8(2)19-9(5-14)6-15/h7-9,15H,3-6H2,1-2H3. The predicted molar refractivity (Wildman–Crippen MR) is 66.1 cm³/mol. The lowest BCUT2D eigenvalue weighted by atomic mass is 10.2. The minimum atomic E-state index is -0.502. The van der Waals surface area contributed by atoms with E-state index in [9.17, 15) is 4.79 Å². The molecule has 1 saturated heterocycles. The quantitative estimate of drug-likeness (QED) is 0.794. The van der Waals surface area contributed by atoms with E-state index in [1.807, 2.05) is 11.8 Å². The fourth-order valence-corrected chi connectivity index (χ4v) is 2.01. The van der Waals surface area contributed by atoms with Crippen molar-refractivity contribution in [2.24, 2.45) is 0 Å². The number of esters is 1. The van der Waals surface area contributed by atoms with Crippen LogP contribution in [0.1, 0.15) is 24.3 Å². The molecule has 0 aromatic carbocycles. The van der Waals surface area contributed by atoms with Gasteiger partial charge in [-0.15, -0.1) is 0 Å². The molecule has 19 heavy (non-hydrogen) atoms. The van der Waals surface area contributed by atoms with Crippen molar-refractivity contribution in [2.75, 3.05) is 31.2 Å². The zero-order chi connectivity index (χ0) is 13.8. The first-order valence-corrected chi connectivity index (χ1v) is 6.28. The zero-order valence-corrected chi connectivity index (χ0v) is 11.0. The van der Waals surface area contributed by atoms with Gasteiger partial charge in [-0.1, -0.05) is 0 Å². The Labute approximate surface area is 111 Å². The van der Waals surface area contributed by atoms with Crippen molar-refractivity contribution in [3.63, 3.8) is 0 Å². The fraction of sp³-hybridized carbons (Fsp3) is 0.667. The summed E-state index contributed by atoms with van der Waals surface area (Å²) in [6.07, 6.45) is 0.965. The molecule has 1 aromatic heterocycles. The van der Waals surface area contributed by atoms with Gasteiger partial charge in [0, 0.05) is 6.54 Å². The van der Waals surface area contributed by atoms with Gasteiger partial charge in [-0.2, -0.15) is 4.98 Å². The number of anilines is 1. The number of aliphatic hydroxyl groups is 1. The number of carbonyl (C=O) groups excluding carboxylic acids is 1. The summed E-state index contributed by atoms with van der Waals surface area (Å²) in [5.74, 6) is -0.502. The van der Waals surface area contributed by atoms with Crippen LogP contribution in [0.25, 0.3) is 0 Å². The molecule has 2 atom stereocenters. The van der Waals surface area contributed by atoms with E-state index in [0.717, 1.165) is 0 Å². The van der Waals surface area contributed by atoms with E-state index in [4.69, 9.17) is 19.0 Å². The molecule has 2 heterocycles. The maximum absolute atomic E-state index is 11.5. The summed E-state index contributed by atoms with van der Waals surface area (Å²) in [7, 11) is 0. The summed E-state index contributed by atoms with van der Waals surface area (Å²) in [6, 6.07) is 0.344. The fourth-order valence-electron chi connectivity index (χ4n) is 2.01. The Bertz CT molecular complexity index is 434. The summed E-state index contributed by atoms with van der Waals surface area (Å²) in [6.45, 7) is 4.94. The topological polar surface area (TPSA) is 85.0 Å². The molecule has 1 N–H and O–H groups in total. The van der Waals surface area contributed by atoms with Gasteiger partial charge in [-0.05, 0) is 13.8 Å². The van der Waals surface area contributed by atoms with Crippen molar-refractivity contribution in [3.05, 3.63) is 12.0 Å². The minimum absolute atomic E-state index is 0.0381. The molecule has 106 valence electrons. The Balaban J connectivity index is 2.07. The van der Waals surface area contributed by atoms with Gasteiger partial charge in [-0.25, -0.2) is 4.79 Å². The normalized spacial score (nSPS) is 23.4. The molecular formula is C12H18N2O5. The first-order chi connectivity index (χ1) is 9.13. The first kappa shape index (κ1) is 13.8. The number of aromatic nitrogens is 1. The number of carbonyl (C=O) groups is 1. The van der Waals surface area contributed by atoms with Crippen LogP contribution in [0.5, 0.6) is 0 Å². The van der Waals surface area contributed by atoms with E-state index in [-0.39, 0.29) is 24.5 Å². The molecule has 0 saturated carbocycles. The van der Waals surface area contributed by atoms with Gasteiger partial charge in [0.05, 0.1) is 32.0 Å². The van der Waals surface area contributed by atoms with Crippen LogP contribution in [0.15, 0.2) is 10.7 Å². The van der Waals surface area contributed by atoms with Crippen LogP contribution >= 0.6 is 0 Å². The summed E-state index contributed by atoms with van der Waals surface area (Å²) in [4.78, 5) is 17.4. The SMILES string of the molecule is CCOC(=O)c1coc(N2CC(C)OC(CO)C2)n1. The van der Waals surface area contributed by atoms with E-state index in [1.54, 1.807) is 6.92 Å². The lowest BCUT2D eigenvalue weighted by molar-refractivity contribution is -0.0432. The average Bonchev–Trinajstić information content (AvgIpc) is 2.88. The third-order valence-electron chi connectivity index (χ3n) is 2.78. The van der Waals surface area contributed by atoms with Gasteiger partial charge < -0.3 is 23.9 Å². The molecule has 1 aliphatic heterocycles. The van der Waals surface area contributed by atoms with E-state index < -0.39 is 5.97 Å². The lowest BCUT2D eigenvalue weighted by Gasteiger charge is -2.34. The minimum Gasteiger partial charge on any atom is -0.461 e. The van der Waals surface area contributed by atoms with Gasteiger partial charge in [0.25, 0.3) is 6.01 Å². The van der Waals surface area contributed by atoms with Crippen LogP contribution in [-0.4, -0.2) is 54.6 Å². The van der Waals surface area contributed by atoms with Crippen molar-refractivity contribution in [3.8, 4) is 0 Å². The highest BCUT2D eigenvalue weighted by Gasteiger charge is 2.28. The molecule has 2 unspecified atom stereocenters. The van der Waals surface area contributed by atoms with Gasteiger partial charge in [0.1, 0.15) is 6.26 Å². The largest absolute Gasteiger partial charge is 0.461 e. The Morgan fingerprint density at radius 2 is 2.42 bits per heavy atom. The molecule has 1 aromatic rings. The summed E-state index contributed by atoms with van der Waals surface area (Å²) >= 11 is 0. The van der Waals surface area contributed by atoms with E-state index in [2.05, 4.69) is 4.98 Å². The van der Waals surface area contributed by atoms with Gasteiger partial charge in [0.2, 0.25) is 0 Å². The number of oxazole rings is 1. The molecule has 0 amide bonds. The van der Waals surface area contributed by atoms with Gasteiger partial charge >= 0.3 is 5.97 Å². The van der Waals surface area contributed by atoms with Crippen molar-refractivity contribution in [2.45, 2.75) is 26.1 Å². The van der Waals surface area contributed by atoms with Crippen LogP contribution in [-0.2, 0) is 9.47 Å². The Hall–Kier alpha value is -1.60. The van der Waals surface area contributed by atoms with E-state index >= 15 is 0 Å². The maximum atomic E-state index is 11.5. The highest BCUT2D eigenvalue weighted by molar-refractivity contribution is 5.87. The number of nitrogens with zero attached hydrogens (tertiary/aromatic N) is 2. The number of morpholine rings is 1. The Kier molecular flexibility index (Phi) is 4.39. The van der Waals surface area contributed by atoms with E-state index in [1.165, 1.54) is 6.26 Å². The van der Waals surface area contributed by atoms with Crippen molar-refractivity contribution in [1.82, 2.24) is 4.98 Å². The highest BCUT2D eigenvalue weighted by atomic mass is 16.5. The number of ether oxygens (including phenoxy) is 2. The van der Waals surface area contributed by atoms with Crippen molar-refractivity contribution < 1.29 is 23.8 Å². The first-order valence-electron chi connectivity index (χ1n) is 6.28. The molecule has 0 bridgehead atoms. The van der Waals surface area contributed by atoms with Gasteiger partial charge in [-0.3, -0.25) is 0 Å². The third-order valence-corrected chi connectivity index (χ3v) is 2.78. The third kappa shape index (κ3) is 3.24. The smallest absolute Gasteiger partial charge is 0.360 e. The Morgan fingerprint density at radius 1 is 1.63 bits per heavy atom. The van der Waals surface area contributed by atoms with Crippen LogP contribution in [0, 0.1) is 0 Å². The summed E-state index contributed by atoms with van der Waals surface area (Å²) in [5.41, 5.74) is 0.150. The van der Waals surface area contributed by atoms with Crippen LogP contribution in [0.2, 0.25) is 0 Å². The predicted octanol–water partition coefficient (Wildman–Crippen LogP) is 0.437. The van der Waals surface area contributed by atoms with E-state index in [0.29, 0.717) is 25.7 Å². The van der Waals surface area contributed by atoms with Crippen LogP contribution in [0.4, 0.5) is 6.01 Å². The van der Waals surface area contributed by atoms with Crippen LogP contribution in [0.3, 0.4) is 0 Å². The molecular weight excluding hydrogens is 252 g/mol. The number of aliphatic hydroxyl groups excluding tert-OH is 1. The second-order valence-electron chi connectivity index (χ2n) is 4.39. The highest BCUT2D eigenvalue weighted by Crippen LogP contribution is 2.20. The molecule has 1 fully saturated rings. The summed E-state index contributed by atoms with van der Waals surface area (Å²) in [5, 5.41) is 9.16. The Morgan fingerprint density at radius 3 is 3.11 bits per heavy atom. The van der Waals surface area contributed by atoms with Crippen LogP contribution < -0.4 is 4.90 Å². The monoisotopic (exact) mass is 270 g/mol. The number of hydrogen-bond donors (Lipinski definition) is 1. The lowest BCUT2D eigenvalue weighted by Crippen LogP contribution is -2.48. The second-order valence-corrected chi connectivity index (χ2v) is 4.39. The number of hydrogen-bond acceptors (Lipinski definition) is 7. The summed E-state index contributed by atoms with van der Waals surface area (Å²) < 4.78 is 15.7. The van der Waals surface area contributed by atoms with Crippen molar-refractivity contribution >= 4 is 12.0 Å². The average molecular weight is 270 g/mol. The molecule has 1 aliphatic rings. The molecule has 2 rings (SSSR count). The van der Waals surface area contributed by atoms with Crippen molar-refractivity contribution in [1.29, 1.82) is 0 Å². The molecule has 7 heteroatoms. The molecule has 7 nitrogen and oxygen atoms in total.